The average molecular weight is 301 g/mol. The molecule has 6 nitrogen and oxygen atoms in total. The average Bonchev–Trinajstić information content (AvgIpc) is 2.62. The van der Waals surface area contributed by atoms with Gasteiger partial charge in [-0.1, -0.05) is 6.07 Å². The quantitative estimate of drug-likeness (QED) is 0.827. The van der Waals surface area contributed by atoms with Gasteiger partial charge in [0, 0.05) is 6.04 Å². The third-order valence-electron chi connectivity index (χ3n) is 3.26. The van der Waals surface area contributed by atoms with Crippen LogP contribution in [0.5, 0.6) is 11.5 Å². The van der Waals surface area contributed by atoms with Crippen LogP contribution in [0.4, 0.5) is 0 Å². The van der Waals surface area contributed by atoms with Crippen molar-refractivity contribution in [1.82, 2.24) is 0 Å². The largest absolute Gasteiger partial charge is 0.493 e. The highest BCUT2D eigenvalue weighted by atomic mass is 32.2. The molecule has 0 spiro atoms. The first-order chi connectivity index (χ1) is 9.32. The van der Waals surface area contributed by atoms with Gasteiger partial charge in [-0.2, -0.15) is 0 Å². The summed E-state index contributed by atoms with van der Waals surface area (Å²) in [6, 6.07) is 5.07. The van der Waals surface area contributed by atoms with Gasteiger partial charge in [0.15, 0.2) is 21.3 Å². The highest BCUT2D eigenvalue weighted by molar-refractivity contribution is 7.91. The number of ether oxygens (including phenoxy) is 2. The molecule has 7 heteroatoms. The molecule has 1 saturated heterocycles. The van der Waals surface area contributed by atoms with Crippen molar-refractivity contribution in [3.8, 4) is 11.5 Å². The Hall–Kier alpha value is -1.31. The van der Waals surface area contributed by atoms with Crippen molar-refractivity contribution in [3.05, 3.63) is 23.8 Å². The molecule has 112 valence electrons. The fraction of sp³-hybridized carbons (Fsp3) is 0.538. The van der Waals surface area contributed by atoms with Crippen LogP contribution in [0.15, 0.2) is 18.2 Å². The Kier molecular flexibility index (Phi) is 4.22. The van der Waals surface area contributed by atoms with Crippen molar-refractivity contribution in [3.63, 3.8) is 0 Å². The van der Waals surface area contributed by atoms with Crippen LogP contribution in [0.3, 0.4) is 0 Å². The van der Waals surface area contributed by atoms with Gasteiger partial charge in [-0.3, -0.25) is 0 Å². The van der Waals surface area contributed by atoms with Crippen LogP contribution in [0, 0.1) is 0 Å². The number of hydrogen-bond acceptors (Lipinski definition) is 6. The number of aliphatic hydroxyl groups is 1. The third-order valence-corrected chi connectivity index (χ3v) is 4.95. The van der Waals surface area contributed by atoms with E-state index in [0.717, 1.165) is 5.56 Å². The molecule has 3 atom stereocenters. The van der Waals surface area contributed by atoms with Crippen LogP contribution in [-0.2, 0) is 9.84 Å². The normalized spacial score (nSPS) is 26.2. The molecule has 1 aromatic rings. The molecule has 0 aliphatic carbocycles. The van der Waals surface area contributed by atoms with Gasteiger partial charge < -0.3 is 20.3 Å². The minimum absolute atomic E-state index is 0.143. The second-order valence-electron chi connectivity index (χ2n) is 5.00. The zero-order chi connectivity index (χ0) is 14.9. The van der Waals surface area contributed by atoms with Crippen LogP contribution in [0.1, 0.15) is 18.5 Å². The molecular weight excluding hydrogens is 282 g/mol. The summed E-state index contributed by atoms with van der Waals surface area (Å²) >= 11 is 0. The van der Waals surface area contributed by atoms with E-state index in [9.17, 15) is 13.5 Å². The van der Waals surface area contributed by atoms with Gasteiger partial charge in [-0.15, -0.1) is 0 Å². The van der Waals surface area contributed by atoms with Crippen molar-refractivity contribution in [2.24, 2.45) is 5.73 Å². The van der Waals surface area contributed by atoms with E-state index in [4.69, 9.17) is 15.2 Å². The Morgan fingerprint density at radius 1 is 1.35 bits per heavy atom. The summed E-state index contributed by atoms with van der Waals surface area (Å²) in [6.07, 6.45) is -1.78. The second kappa shape index (κ2) is 5.59. The maximum absolute atomic E-state index is 11.5. The Morgan fingerprint density at radius 3 is 2.55 bits per heavy atom. The predicted molar refractivity (Wildman–Crippen MR) is 74.7 cm³/mol. The SMILES string of the molecule is COc1cc([C@@H](C)N)ccc1OC1CS(=O)(=O)CC1O. The van der Waals surface area contributed by atoms with E-state index in [2.05, 4.69) is 0 Å². The molecule has 1 aromatic carbocycles. The van der Waals surface area contributed by atoms with E-state index in [0.29, 0.717) is 11.5 Å². The van der Waals surface area contributed by atoms with E-state index in [1.165, 1.54) is 7.11 Å². The standard InChI is InChI=1S/C13H19NO5S/c1-8(14)9-3-4-11(12(5-9)18-2)19-13-7-20(16,17)6-10(13)15/h3-5,8,10,13,15H,6-7,14H2,1-2H3/t8-,10?,13?/m1/s1. The number of benzene rings is 1. The lowest BCUT2D eigenvalue weighted by Gasteiger charge is -2.19. The van der Waals surface area contributed by atoms with Gasteiger partial charge in [0.1, 0.15) is 12.2 Å². The number of rotatable bonds is 4. The first-order valence-corrected chi connectivity index (χ1v) is 8.13. The summed E-state index contributed by atoms with van der Waals surface area (Å²) in [5.41, 5.74) is 6.68. The van der Waals surface area contributed by atoms with Crippen molar-refractivity contribution < 1.29 is 23.0 Å². The van der Waals surface area contributed by atoms with Crippen LogP contribution < -0.4 is 15.2 Å². The van der Waals surface area contributed by atoms with E-state index >= 15 is 0 Å². The van der Waals surface area contributed by atoms with Crippen molar-refractivity contribution >= 4 is 9.84 Å². The fourth-order valence-electron chi connectivity index (χ4n) is 2.14. The summed E-state index contributed by atoms with van der Waals surface area (Å²) in [7, 11) is -1.75. The molecule has 1 fully saturated rings. The molecule has 0 bridgehead atoms. The molecule has 1 aliphatic heterocycles. The van der Waals surface area contributed by atoms with Crippen molar-refractivity contribution in [2.45, 2.75) is 25.2 Å². The van der Waals surface area contributed by atoms with Crippen LogP contribution in [0.25, 0.3) is 0 Å². The molecule has 0 aromatic heterocycles. The Morgan fingerprint density at radius 2 is 2.05 bits per heavy atom. The number of methoxy groups -OCH3 is 1. The molecular formula is C13H19NO5S. The summed E-state index contributed by atoms with van der Waals surface area (Å²) < 4.78 is 33.7. The van der Waals surface area contributed by atoms with Gasteiger partial charge in [-0.25, -0.2) is 8.42 Å². The number of aliphatic hydroxyl groups excluding tert-OH is 1. The molecule has 3 N–H and O–H groups in total. The lowest BCUT2D eigenvalue weighted by Crippen LogP contribution is -2.29. The summed E-state index contributed by atoms with van der Waals surface area (Å²) in [5.74, 6) is 0.416. The van der Waals surface area contributed by atoms with Gasteiger partial charge in [0.2, 0.25) is 0 Å². The van der Waals surface area contributed by atoms with Gasteiger partial charge in [0.25, 0.3) is 0 Å². The topological polar surface area (TPSA) is 98.9 Å². The monoisotopic (exact) mass is 301 g/mol. The third kappa shape index (κ3) is 3.23. The Bertz CT molecular complexity index is 584. The Labute approximate surface area is 118 Å². The Balaban J connectivity index is 2.21. The number of sulfone groups is 1. The molecule has 1 aliphatic rings. The predicted octanol–water partition coefficient (Wildman–Crippen LogP) is 0.252. The van der Waals surface area contributed by atoms with Gasteiger partial charge in [0.05, 0.1) is 18.6 Å². The lowest BCUT2D eigenvalue weighted by atomic mass is 10.1. The van der Waals surface area contributed by atoms with Gasteiger partial charge in [-0.05, 0) is 24.6 Å². The van der Waals surface area contributed by atoms with E-state index in [-0.39, 0.29) is 17.5 Å². The second-order valence-corrected chi connectivity index (χ2v) is 7.15. The highest BCUT2D eigenvalue weighted by Gasteiger charge is 2.38. The first-order valence-electron chi connectivity index (χ1n) is 6.31. The minimum Gasteiger partial charge on any atom is -0.493 e. The van der Waals surface area contributed by atoms with Crippen molar-refractivity contribution in [1.29, 1.82) is 0 Å². The summed E-state index contributed by atoms with van der Waals surface area (Å²) in [4.78, 5) is 0. The van der Waals surface area contributed by atoms with Crippen LogP contribution in [0.2, 0.25) is 0 Å². The van der Waals surface area contributed by atoms with E-state index in [1.54, 1.807) is 18.2 Å². The molecule has 2 unspecified atom stereocenters. The molecule has 1 heterocycles. The fourth-order valence-corrected chi connectivity index (χ4v) is 3.80. The molecule has 0 saturated carbocycles. The molecule has 2 rings (SSSR count). The molecule has 0 amide bonds. The molecule has 0 radical (unpaired) electrons. The number of nitrogens with two attached hydrogens (primary N) is 1. The van der Waals surface area contributed by atoms with E-state index < -0.39 is 22.0 Å². The zero-order valence-electron chi connectivity index (χ0n) is 11.4. The summed E-state index contributed by atoms with van der Waals surface area (Å²) in [6.45, 7) is 1.85. The minimum atomic E-state index is -3.24. The maximum Gasteiger partial charge on any atom is 0.161 e. The number of hydrogen-bond donors (Lipinski definition) is 2. The van der Waals surface area contributed by atoms with Crippen molar-refractivity contribution in [2.75, 3.05) is 18.6 Å². The zero-order valence-corrected chi connectivity index (χ0v) is 12.3. The highest BCUT2D eigenvalue weighted by Crippen LogP contribution is 2.32. The van der Waals surface area contributed by atoms with Gasteiger partial charge >= 0.3 is 0 Å². The maximum atomic E-state index is 11.5. The van der Waals surface area contributed by atoms with Crippen LogP contribution >= 0.6 is 0 Å². The van der Waals surface area contributed by atoms with E-state index in [1.807, 2.05) is 6.92 Å². The smallest absolute Gasteiger partial charge is 0.161 e. The first kappa shape index (κ1) is 15.1. The summed E-state index contributed by atoms with van der Waals surface area (Å²) in [5, 5.41) is 9.73. The van der Waals surface area contributed by atoms with Crippen LogP contribution in [-0.4, -0.2) is 44.3 Å². The lowest BCUT2D eigenvalue weighted by molar-refractivity contribution is 0.0718. The molecule has 20 heavy (non-hydrogen) atoms.